The number of para-hydroxylation sites is 1. The van der Waals surface area contributed by atoms with Crippen LogP contribution in [-0.4, -0.2) is 24.7 Å². The molecule has 2 rings (SSSR count). The van der Waals surface area contributed by atoms with Crippen LogP contribution in [0.1, 0.15) is 4.88 Å². The summed E-state index contributed by atoms with van der Waals surface area (Å²) in [5, 5.41) is 12.9. The highest BCUT2D eigenvalue weighted by Gasteiger charge is 2.31. The lowest BCUT2D eigenvalue weighted by atomic mass is 10.3. The molecular formula is C12H13N3O4S2. The van der Waals surface area contributed by atoms with Gasteiger partial charge in [-0.25, -0.2) is 8.42 Å². The second-order valence-electron chi connectivity index (χ2n) is 4.29. The first-order chi connectivity index (χ1) is 9.84. The van der Waals surface area contributed by atoms with E-state index in [2.05, 4.69) is 0 Å². The van der Waals surface area contributed by atoms with Crippen molar-refractivity contribution in [3.8, 4) is 0 Å². The van der Waals surface area contributed by atoms with Crippen molar-refractivity contribution in [1.29, 1.82) is 0 Å². The van der Waals surface area contributed by atoms with E-state index in [1.165, 1.54) is 36.6 Å². The van der Waals surface area contributed by atoms with Gasteiger partial charge in [-0.05, 0) is 23.6 Å². The molecule has 1 aromatic carbocycles. The van der Waals surface area contributed by atoms with Crippen LogP contribution in [0.4, 0.5) is 11.4 Å². The number of nitrogen functional groups attached to an aromatic ring is 1. The van der Waals surface area contributed by atoms with Crippen LogP contribution in [-0.2, 0) is 16.6 Å². The predicted octanol–water partition coefficient (Wildman–Crippen LogP) is 2.06. The quantitative estimate of drug-likeness (QED) is 0.514. The molecule has 0 saturated heterocycles. The number of hydrogen-bond donors (Lipinski definition) is 1. The van der Waals surface area contributed by atoms with Crippen LogP contribution in [0.5, 0.6) is 0 Å². The minimum Gasteiger partial charge on any atom is -0.393 e. The highest BCUT2D eigenvalue weighted by molar-refractivity contribution is 7.89. The zero-order valence-electron chi connectivity index (χ0n) is 11.1. The van der Waals surface area contributed by atoms with Crippen LogP contribution < -0.4 is 5.73 Å². The predicted molar refractivity (Wildman–Crippen MR) is 80.5 cm³/mol. The van der Waals surface area contributed by atoms with Gasteiger partial charge in [0.25, 0.3) is 0 Å². The standard InChI is InChI=1S/C12H13N3O4S2/c1-14(8-9-4-3-7-20-9)21(18,19)11-6-2-5-10(13)12(11)15(16)17/h2-7H,8,13H2,1H3. The third-order valence-corrected chi connectivity index (χ3v) is 5.56. The van der Waals surface area contributed by atoms with Gasteiger partial charge < -0.3 is 5.73 Å². The first-order valence-corrected chi connectivity index (χ1v) is 8.17. The number of nitrogens with two attached hydrogens (primary N) is 1. The molecule has 0 amide bonds. The number of thiophene rings is 1. The number of benzene rings is 1. The molecule has 0 atom stereocenters. The summed E-state index contributed by atoms with van der Waals surface area (Å²) >= 11 is 1.41. The minimum absolute atomic E-state index is 0.145. The Morgan fingerprint density at radius 2 is 2.05 bits per heavy atom. The molecule has 1 heterocycles. The van der Waals surface area contributed by atoms with E-state index < -0.39 is 25.5 Å². The molecule has 21 heavy (non-hydrogen) atoms. The minimum atomic E-state index is -3.99. The van der Waals surface area contributed by atoms with Gasteiger partial charge in [-0.15, -0.1) is 11.3 Å². The molecule has 0 saturated carbocycles. The molecule has 0 aliphatic carbocycles. The van der Waals surface area contributed by atoms with Gasteiger partial charge in [0, 0.05) is 18.5 Å². The first-order valence-electron chi connectivity index (χ1n) is 5.85. The lowest BCUT2D eigenvalue weighted by molar-refractivity contribution is -0.386. The molecule has 112 valence electrons. The van der Waals surface area contributed by atoms with E-state index in [0.29, 0.717) is 0 Å². The third-order valence-electron chi connectivity index (χ3n) is 2.86. The molecule has 1 aromatic heterocycles. The Labute approximate surface area is 125 Å². The first kappa shape index (κ1) is 15.4. The Kier molecular flexibility index (Phi) is 4.26. The van der Waals surface area contributed by atoms with E-state index in [1.54, 1.807) is 6.07 Å². The summed E-state index contributed by atoms with van der Waals surface area (Å²) in [6, 6.07) is 7.48. The average molecular weight is 327 g/mol. The fourth-order valence-corrected chi connectivity index (χ4v) is 3.99. The molecule has 9 heteroatoms. The summed E-state index contributed by atoms with van der Waals surface area (Å²) in [7, 11) is -2.62. The number of nitro benzene ring substituents is 1. The van der Waals surface area contributed by atoms with Crippen molar-refractivity contribution in [3.63, 3.8) is 0 Å². The zero-order chi connectivity index (χ0) is 15.6. The van der Waals surface area contributed by atoms with Crippen LogP contribution in [0.15, 0.2) is 40.6 Å². The maximum atomic E-state index is 12.5. The monoisotopic (exact) mass is 327 g/mol. The van der Waals surface area contributed by atoms with E-state index in [1.807, 2.05) is 11.4 Å². The molecule has 0 radical (unpaired) electrons. The van der Waals surface area contributed by atoms with E-state index in [4.69, 9.17) is 5.73 Å². The maximum Gasteiger partial charge on any atom is 0.312 e. The molecule has 0 unspecified atom stereocenters. The van der Waals surface area contributed by atoms with Crippen molar-refractivity contribution in [2.45, 2.75) is 11.4 Å². The largest absolute Gasteiger partial charge is 0.393 e. The molecule has 0 spiro atoms. The zero-order valence-corrected chi connectivity index (χ0v) is 12.7. The Hall–Kier alpha value is -1.97. The molecule has 7 nitrogen and oxygen atoms in total. The molecule has 2 aromatic rings. The van der Waals surface area contributed by atoms with E-state index in [-0.39, 0.29) is 12.2 Å². The van der Waals surface area contributed by atoms with Gasteiger partial charge in [0.1, 0.15) is 5.69 Å². The number of nitro groups is 1. The number of nitrogens with zero attached hydrogens (tertiary/aromatic N) is 2. The van der Waals surface area contributed by atoms with Crippen molar-refractivity contribution < 1.29 is 13.3 Å². The van der Waals surface area contributed by atoms with Crippen molar-refractivity contribution in [2.75, 3.05) is 12.8 Å². The van der Waals surface area contributed by atoms with Gasteiger partial charge in [0.05, 0.1) is 4.92 Å². The Bertz CT molecular complexity index is 757. The lowest BCUT2D eigenvalue weighted by Crippen LogP contribution is -2.27. The van der Waals surface area contributed by atoms with Gasteiger partial charge in [0.2, 0.25) is 10.0 Å². The second kappa shape index (κ2) is 5.80. The Morgan fingerprint density at radius 1 is 1.33 bits per heavy atom. The number of hydrogen-bond acceptors (Lipinski definition) is 6. The Balaban J connectivity index is 2.44. The van der Waals surface area contributed by atoms with Gasteiger partial charge >= 0.3 is 5.69 Å². The van der Waals surface area contributed by atoms with Crippen LogP contribution in [0, 0.1) is 10.1 Å². The molecule has 0 bridgehead atoms. The van der Waals surface area contributed by atoms with Crippen molar-refractivity contribution in [2.24, 2.45) is 0 Å². The smallest absolute Gasteiger partial charge is 0.312 e. The summed E-state index contributed by atoms with van der Waals surface area (Å²) in [5.41, 5.74) is 4.77. The number of sulfonamides is 1. The third kappa shape index (κ3) is 3.04. The summed E-state index contributed by atoms with van der Waals surface area (Å²) in [5.74, 6) is 0. The highest BCUT2D eigenvalue weighted by atomic mass is 32.2. The summed E-state index contributed by atoms with van der Waals surface area (Å²) < 4.78 is 26.1. The van der Waals surface area contributed by atoms with Gasteiger partial charge in [0.15, 0.2) is 4.90 Å². The molecular weight excluding hydrogens is 314 g/mol. The van der Waals surface area contributed by atoms with Crippen molar-refractivity contribution >= 4 is 32.7 Å². The molecule has 2 N–H and O–H groups in total. The SMILES string of the molecule is CN(Cc1cccs1)S(=O)(=O)c1cccc(N)c1[N+](=O)[O-]. The molecule has 0 fully saturated rings. The van der Waals surface area contributed by atoms with Crippen LogP contribution in [0.25, 0.3) is 0 Å². The van der Waals surface area contributed by atoms with Gasteiger partial charge in [-0.1, -0.05) is 12.1 Å². The topological polar surface area (TPSA) is 107 Å². The lowest BCUT2D eigenvalue weighted by Gasteiger charge is -2.16. The highest BCUT2D eigenvalue weighted by Crippen LogP contribution is 2.32. The van der Waals surface area contributed by atoms with Crippen LogP contribution in [0.3, 0.4) is 0 Å². The fraction of sp³-hybridized carbons (Fsp3) is 0.167. The van der Waals surface area contributed by atoms with E-state index >= 15 is 0 Å². The van der Waals surface area contributed by atoms with Crippen molar-refractivity contribution in [3.05, 3.63) is 50.7 Å². The number of rotatable bonds is 5. The maximum absolute atomic E-state index is 12.5. The summed E-state index contributed by atoms with van der Waals surface area (Å²) in [6.45, 7) is 0.145. The van der Waals surface area contributed by atoms with Crippen LogP contribution >= 0.6 is 11.3 Å². The summed E-state index contributed by atoms with van der Waals surface area (Å²) in [4.78, 5) is 10.7. The molecule has 0 aliphatic heterocycles. The fourth-order valence-electron chi connectivity index (χ4n) is 1.82. The van der Waals surface area contributed by atoms with Crippen LogP contribution in [0.2, 0.25) is 0 Å². The second-order valence-corrected chi connectivity index (χ2v) is 7.34. The van der Waals surface area contributed by atoms with Crippen molar-refractivity contribution in [1.82, 2.24) is 4.31 Å². The molecule has 0 aliphatic rings. The van der Waals surface area contributed by atoms with Gasteiger partial charge in [-0.3, -0.25) is 10.1 Å². The number of anilines is 1. The van der Waals surface area contributed by atoms with Gasteiger partial charge in [-0.2, -0.15) is 4.31 Å². The Morgan fingerprint density at radius 3 is 2.62 bits per heavy atom. The normalized spacial score (nSPS) is 11.7. The van der Waals surface area contributed by atoms with E-state index in [0.717, 1.165) is 9.18 Å². The van der Waals surface area contributed by atoms with E-state index in [9.17, 15) is 18.5 Å². The summed E-state index contributed by atoms with van der Waals surface area (Å²) in [6.07, 6.45) is 0. The average Bonchev–Trinajstić information content (AvgIpc) is 2.90.